The normalized spacial score (nSPS) is 12.0. The number of carbonyl (C=O) groups excluding carboxylic acids is 1. The monoisotopic (exact) mass is 238 g/mol. The zero-order chi connectivity index (χ0) is 12.8. The maximum Gasteiger partial charge on any atom is 0.195 e. The summed E-state index contributed by atoms with van der Waals surface area (Å²) in [7, 11) is 4.62. The van der Waals surface area contributed by atoms with E-state index in [1.807, 2.05) is 6.92 Å². The molecule has 0 aliphatic rings. The first kappa shape index (κ1) is 13.5. The van der Waals surface area contributed by atoms with Gasteiger partial charge in [0.05, 0.1) is 19.8 Å². The molecule has 0 aliphatic heterocycles. The Hall–Kier alpha value is -1.55. The number of hydrogen-bond acceptors (Lipinski definition) is 4. The topological polar surface area (TPSA) is 44.8 Å². The van der Waals surface area contributed by atoms with E-state index < -0.39 is 6.10 Å². The molecule has 0 saturated heterocycles. The molecule has 0 aromatic heterocycles. The summed E-state index contributed by atoms with van der Waals surface area (Å²) in [6, 6.07) is 5.14. The van der Waals surface area contributed by atoms with Crippen molar-refractivity contribution in [3.8, 4) is 11.5 Å². The van der Waals surface area contributed by atoms with Crippen LogP contribution in [-0.4, -0.2) is 33.2 Å². The number of methoxy groups -OCH3 is 3. The van der Waals surface area contributed by atoms with Gasteiger partial charge >= 0.3 is 0 Å². The highest BCUT2D eigenvalue weighted by Gasteiger charge is 2.21. The molecule has 4 nitrogen and oxygen atoms in total. The number of Topliss-reactive ketones (excluding diaryl/α,β-unsaturated/α-hetero) is 1. The molecule has 0 saturated carbocycles. The predicted molar refractivity (Wildman–Crippen MR) is 65.0 cm³/mol. The smallest absolute Gasteiger partial charge is 0.195 e. The lowest BCUT2D eigenvalue weighted by atomic mass is 10.0. The van der Waals surface area contributed by atoms with E-state index in [2.05, 4.69) is 0 Å². The Labute approximate surface area is 101 Å². The molecule has 1 atom stereocenters. The molecule has 0 heterocycles. The van der Waals surface area contributed by atoms with Gasteiger partial charge in [-0.05, 0) is 24.6 Å². The molecule has 0 radical (unpaired) electrons. The molecule has 94 valence electrons. The second kappa shape index (κ2) is 6.25. The summed E-state index contributed by atoms with van der Waals surface area (Å²) in [6.07, 6.45) is 0.173. The van der Waals surface area contributed by atoms with Gasteiger partial charge in [0.25, 0.3) is 0 Å². The van der Waals surface area contributed by atoms with Crippen molar-refractivity contribution in [1.82, 2.24) is 0 Å². The van der Waals surface area contributed by atoms with Crippen molar-refractivity contribution >= 4 is 5.78 Å². The summed E-state index contributed by atoms with van der Waals surface area (Å²) in [6.45, 7) is 1.90. The second-order valence-corrected chi connectivity index (χ2v) is 3.56. The third-order valence-electron chi connectivity index (χ3n) is 2.62. The number of carbonyl (C=O) groups is 1. The van der Waals surface area contributed by atoms with E-state index in [4.69, 9.17) is 14.2 Å². The van der Waals surface area contributed by atoms with Gasteiger partial charge in [0, 0.05) is 7.11 Å². The summed E-state index contributed by atoms with van der Waals surface area (Å²) < 4.78 is 15.4. The Morgan fingerprint density at radius 1 is 1.24 bits per heavy atom. The van der Waals surface area contributed by atoms with Gasteiger partial charge in [-0.2, -0.15) is 0 Å². The summed E-state index contributed by atoms with van der Waals surface area (Å²) in [4.78, 5) is 12.2. The maximum absolute atomic E-state index is 12.2. The van der Waals surface area contributed by atoms with Gasteiger partial charge in [-0.25, -0.2) is 0 Å². The molecule has 0 N–H and O–H groups in total. The molecule has 1 aromatic rings. The highest BCUT2D eigenvalue weighted by atomic mass is 16.5. The van der Waals surface area contributed by atoms with Crippen LogP contribution in [0.15, 0.2) is 18.2 Å². The first-order chi connectivity index (χ1) is 8.17. The van der Waals surface area contributed by atoms with Crippen LogP contribution in [0.4, 0.5) is 0 Å². The zero-order valence-electron chi connectivity index (χ0n) is 10.6. The summed E-state index contributed by atoms with van der Waals surface area (Å²) in [5.41, 5.74) is 0.487. The molecular weight excluding hydrogens is 220 g/mol. The van der Waals surface area contributed by atoms with E-state index in [0.29, 0.717) is 23.5 Å². The van der Waals surface area contributed by atoms with Gasteiger partial charge in [0.2, 0.25) is 0 Å². The Bertz CT molecular complexity index is 383. The fourth-order valence-electron chi connectivity index (χ4n) is 1.64. The number of ether oxygens (including phenoxy) is 3. The van der Waals surface area contributed by atoms with Crippen LogP contribution in [0.1, 0.15) is 23.7 Å². The van der Waals surface area contributed by atoms with Crippen molar-refractivity contribution in [2.75, 3.05) is 21.3 Å². The van der Waals surface area contributed by atoms with Crippen molar-refractivity contribution in [2.45, 2.75) is 19.4 Å². The van der Waals surface area contributed by atoms with Crippen LogP contribution in [0, 0.1) is 0 Å². The average Bonchev–Trinajstić information content (AvgIpc) is 2.39. The van der Waals surface area contributed by atoms with Crippen LogP contribution in [0.3, 0.4) is 0 Å². The van der Waals surface area contributed by atoms with E-state index >= 15 is 0 Å². The lowest BCUT2D eigenvalue weighted by Crippen LogP contribution is -2.22. The maximum atomic E-state index is 12.2. The second-order valence-electron chi connectivity index (χ2n) is 3.56. The van der Waals surface area contributed by atoms with E-state index in [1.54, 1.807) is 25.3 Å². The Kier molecular flexibility index (Phi) is 4.97. The Morgan fingerprint density at radius 2 is 1.94 bits per heavy atom. The van der Waals surface area contributed by atoms with Crippen LogP contribution in [0.5, 0.6) is 11.5 Å². The van der Waals surface area contributed by atoms with Gasteiger partial charge in [0.1, 0.15) is 17.6 Å². The molecule has 0 bridgehead atoms. The van der Waals surface area contributed by atoms with Crippen molar-refractivity contribution < 1.29 is 19.0 Å². The zero-order valence-corrected chi connectivity index (χ0v) is 10.6. The summed E-state index contributed by atoms with van der Waals surface area (Å²) >= 11 is 0. The molecule has 0 spiro atoms. The molecule has 4 heteroatoms. The summed E-state index contributed by atoms with van der Waals surface area (Å²) in [5, 5.41) is 0. The predicted octanol–water partition coefficient (Wildman–Crippen LogP) is 2.31. The highest BCUT2D eigenvalue weighted by Crippen LogP contribution is 2.26. The number of ketones is 1. The van der Waals surface area contributed by atoms with E-state index in [-0.39, 0.29) is 5.78 Å². The van der Waals surface area contributed by atoms with Crippen molar-refractivity contribution in [2.24, 2.45) is 0 Å². The van der Waals surface area contributed by atoms with Crippen molar-refractivity contribution in [1.29, 1.82) is 0 Å². The van der Waals surface area contributed by atoms with Crippen molar-refractivity contribution in [3.63, 3.8) is 0 Å². The molecule has 1 unspecified atom stereocenters. The average molecular weight is 238 g/mol. The number of rotatable bonds is 6. The first-order valence-corrected chi connectivity index (χ1v) is 5.46. The molecule has 1 aromatic carbocycles. The fraction of sp³-hybridized carbons (Fsp3) is 0.462. The lowest BCUT2D eigenvalue weighted by Gasteiger charge is -2.15. The molecule has 0 aliphatic carbocycles. The standard InChI is InChI=1S/C13H18O4/c1-5-11(16-3)13(14)10-8-9(15-2)6-7-12(10)17-4/h6-8,11H,5H2,1-4H3. The largest absolute Gasteiger partial charge is 0.497 e. The fourth-order valence-corrected chi connectivity index (χ4v) is 1.64. The highest BCUT2D eigenvalue weighted by molar-refractivity contribution is 6.02. The first-order valence-electron chi connectivity index (χ1n) is 5.46. The van der Waals surface area contributed by atoms with Crippen LogP contribution in [0.25, 0.3) is 0 Å². The van der Waals surface area contributed by atoms with Crippen LogP contribution in [-0.2, 0) is 4.74 Å². The minimum absolute atomic E-state index is 0.0919. The van der Waals surface area contributed by atoms with E-state index in [9.17, 15) is 4.79 Å². The van der Waals surface area contributed by atoms with E-state index in [1.165, 1.54) is 14.2 Å². The Balaban J connectivity index is 3.13. The lowest BCUT2D eigenvalue weighted by molar-refractivity contribution is 0.0592. The van der Waals surface area contributed by atoms with Gasteiger partial charge < -0.3 is 14.2 Å². The Morgan fingerprint density at radius 3 is 2.41 bits per heavy atom. The molecule has 17 heavy (non-hydrogen) atoms. The molecule has 0 amide bonds. The van der Waals surface area contributed by atoms with E-state index in [0.717, 1.165) is 0 Å². The minimum atomic E-state index is -0.448. The summed E-state index contributed by atoms with van der Waals surface area (Å²) in [5.74, 6) is 1.07. The van der Waals surface area contributed by atoms with Gasteiger partial charge in [-0.3, -0.25) is 4.79 Å². The quantitative estimate of drug-likeness (QED) is 0.713. The van der Waals surface area contributed by atoms with Gasteiger partial charge in [-0.1, -0.05) is 6.92 Å². The molecule has 1 rings (SSSR count). The van der Waals surface area contributed by atoms with Crippen LogP contribution < -0.4 is 9.47 Å². The van der Waals surface area contributed by atoms with Crippen LogP contribution >= 0.6 is 0 Å². The molecular formula is C13H18O4. The number of benzene rings is 1. The third kappa shape index (κ3) is 2.97. The van der Waals surface area contributed by atoms with Crippen LogP contribution in [0.2, 0.25) is 0 Å². The SMILES string of the molecule is CCC(OC)C(=O)c1cc(OC)ccc1OC. The van der Waals surface area contributed by atoms with Gasteiger partial charge in [0.15, 0.2) is 5.78 Å². The van der Waals surface area contributed by atoms with Crippen molar-refractivity contribution in [3.05, 3.63) is 23.8 Å². The van der Waals surface area contributed by atoms with Gasteiger partial charge in [-0.15, -0.1) is 0 Å². The minimum Gasteiger partial charge on any atom is -0.497 e. The molecule has 0 fully saturated rings. The number of hydrogen-bond donors (Lipinski definition) is 0. The third-order valence-corrected chi connectivity index (χ3v) is 2.62.